The van der Waals surface area contributed by atoms with Crippen LogP contribution in [0.15, 0.2) is 164 Å². The van der Waals surface area contributed by atoms with E-state index < -0.39 is 0 Å². The van der Waals surface area contributed by atoms with Gasteiger partial charge in [-0.25, -0.2) is 0 Å². The SMILES string of the molecule is c1ccc2c(c1)ccc1c2c2cccn2c2c3c4ccc5ccccc5c4c4cccn4c3c3c4ccc5ccccc5c4c4cccn4c3c12. The highest BCUT2D eigenvalue weighted by Gasteiger charge is 2.25. The molecular weight excluding hydrogens is 619 g/mol. The maximum Gasteiger partial charge on any atom is 0.0655 e. The van der Waals surface area contributed by atoms with Crippen LogP contribution in [0.4, 0.5) is 0 Å². The van der Waals surface area contributed by atoms with Crippen LogP contribution in [-0.4, -0.2) is 13.2 Å². The molecule has 6 aromatic heterocycles. The highest BCUT2D eigenvalue weighted by atomic mass is 14.9. The molecule has 0 N–H and O–H groups in total. The van der Waals surface area contributed by atoms with Crippen molar-refractivity contribution in [2.24, 2.45) is 0 Å². The van der Waals surface area contributed by atoms with Gasteiger partial charge in [0.2, 0.25) is 0 Å². The fourth-order valence-electron chi connectivity index (χ4n) is 9.81. The Labute approximate surface area is 290 Å². The van der Waals surface area contributed by atoms with Gasteiger partial charge in [0.25, 0.3) is 0 Å². The maximum absolute atomic E-state index is 2.48. The molecule has 0 aliphatic rings. The predicted molar refractivity (Wildman–Crippen MR) is 217 cm³/mol. The van der Waals surface area contributed by atoms with E-state index in [1.165, 1.54) is 114 Å². The molecule has 0 aliphatic carbocycles. The highest BCUT2D eigenvalue weighted by molar-refractivity contribution is 6.42. The summed E-state index contributed by atoms with van der Waals surface area (Å²) in [6, 6.07) is 54.2. The zero-order valence-electron chi connectivity index (χ0n) is 27.4. The molecule has 3 nitrogen and oxygen atoms in total. The third-order valence-electron chi connectivity index (χ3n) is 11.8. The molecule has 0 fully saturated rings. The van der Waals surface area contributed by atoms with Gasteiger partial charge in [-0.1, -0.05) is 109 Å². The zero-order chi connectivity index (χ0) is 32.9. The van der Waals surface area contributed by atoms with Gasteiger partial charge in [0, 0.05) is 50.9 Å². The van der Waals surface area contributed by atoms with E-state index in [1.54, 1.807) is 0 Å². The minimum Gasteiger partial charge on any atom is -0.315 e. The van der Waals surface area contributed by atoms with E-state index in [-0.39, 0.29) is 0 Å². The van der Waals surface area contributed by atoms with Crippen molar-refractivity contribution in [1.82, 2.24) is 13.2 Å². The Morgan fingerprint density at radius 1 is 0.235 bits per heavy atom. The van der Waals surface area contributed by atoms with Gasteiger partial charge < -0.3 is 13.2 Å². The molecule has 3 heteroatoms. The monoisotopic (exact) mass is 645 g/mol. The lowest BCUT2D eigenvalue weighted by atomic mass is 9.90. The Bertz CT molecular complexity index is 3280. The van der Waals surface area contributed by atoms with Crippen LogP contribution in [0.5, 0.6) is 0 Å². The van der Waals surface area contributed by atoms with E-state index in [9.17, 15) is 0 Å². The molecule has 234 valence electrons. The van der Waals surface area contributed by atoms with Gasteiger partial charge in [-0.2, -0.15) is 0 Å². The lowest BCUT2D eigenvalue weighted by molar-refractivity contribution is 1.26. The van der Waals surface area contributed by atoms with Crippen LogP contribution in [0.1, 0.15) is 0 Å². The van der Waals surface area contributed by atoms with E-state index in [0.29, 0.717) is 0 Å². The van der Waals surface area contributed by atoms with Crippen LogP contribution in [-0.2, 0) is 0 Å². The Hall–Kier alpha value is -6.84. The van der Waals surface area contributed by atoms with E-state index in [4.69, 9.17) is 0 Å². The average Bonchev–Trinajstić information content (AvgIpc) is 3.98. The summed E-state index contributed by atoms with van der Waals surface area (Å²) in [5.41, 5.74) is 7.41. The summed E-state index contributed by atoms with van der Waals surface area (Å²) in [6.45, 7) is 0. The van der Waals surface area contributed by atoms with Gasteiger partial charge in [-0.3, -0.25) is 0 Å². The largest absolute Gasteiger partial charge is 0.315 e. The molecule has 0 unspecified atom stereocenters. The summed E-state index contributed by atoms with van der Waals surface area (Å²) in [7, 11) is 0. The lowest BCUT2D eigenvalue weighted by Gasteiger charge is -2.22. The summed E-state index contributed by atoms with van der Waals surface area (Å²) < 4.78 is 7.45. The second-order valence-corrected chi connectivity index (χ2v) is 14.1. The first-order chi connectivity index (χ1) is 25.3. The van der Waals surface area contributed by atoms with Gasteiger partial charge >= 0.3 is 0 Å². The summed E-state index contributed by atoms with van der Waals surface area (Å²) in [4.78, 5) is 0. The normalized spacial score (nSPS) is 12.7. The number of aromatic nitrogens is 3. The lowest BCUT2D eigenvalue weighted by Crippen LogP contribution is -2.01. The van der Waals surface area contributed by atoms with E-state index in [0.717, 1.165) is 0 Å². The number of hydrogen-bond donors (Lipinski definition) is 0. The summed E-state index contributed by atoms with van der Waals surface area (Å²) >= 11 is 0. The van der Waals surface area contributed by atoms with Gasteiger partial charge in [0.05, 0.1) is 33.1 Å². The number of rotatable bonds is 0. The number of fused-ring (bicyclic) bond motifs is 27. The maximum atomic E-state index is 2.48. The quantitative estimate of drug-likeness (QED) is 0.146. The van der Waals surface area contributed by atoms with Gasteiger partial charge in [0.1, 0.15) is 0 Å². The number of pyridine rings is 3. The smallest absolute Gasteiger partial charge is 0.0655 e. The molecule has 0 bridgehead atoms. The fraction of sp³-hybridized carbons (Fsp3) is 0. The average molecular weight is 646 g/mol. The molecule has 13 aromatic rings. The molecule has 0 spiro atoms. The van der Waals surface area contributed by atoms with Crippen LogP contribution in [0.25, 0.3) is 114 Å². The van der Waals surface area contributed by atoms with Gasteiger partial charge in [-0.15, -0.1) is 0 Å². The number of nitrogens with zero attached hydrogens (tertiary/aromatic N) is 3. The second-order valence-electron chi connectivity index (χ2n) is 14.1. The first kappa shape index (κ1) is 26.1. The number of hydrogen-bond acceptors (Lipinski definition) is 0. The molecule has 0 radical (unpaired) electrons. The Balaban J connectivity index is 1.49. The van der Waals surface area contributed by atoms with E-state index in [2.05, 4.69) is 177 Å². The predicted octanol–water partition coefficient (Wildman–Crippen LogP) is 12.8. The van der Waals surface area contributed by atoms with Crippen molar-refractivity contribution in [3.05, 3.63) is 164 Å². The number of benzene rings is 7. The standard InChI is InChI=1S/C48H27N3/c1-4-13-31-28(10-1)19-22-34-40(31)37-16-7-25-49(37)46-43(34)47-45(36-24-21-30-12-3-6-15-33(30)42(36)38-17-8-26-50(38)47)48-44(46)35-23-20-29-11-2-5-14-32(29)41(35)39-18-9-27-51(39)48/h1-27H. The van der Waals surface area contributed by atoms with E-state index >= 15 is 0 Å². The van der Waals surface area contributed by atoms with Gasteiger partial charge in [0.15, 0.2) is 0 Å². The molecule has 13 rings (SSSR count). The third-order valence-corrected chi connectivity index (χ3v) is 11.8. The molecule has 6 heterocycles. The first-order valence-electron chi connectivity index (χ1n) is 17.7. The zero-order valence-corrected chi connectivity index (χ0v) is 27.4. The van der Waals surface area contributed by atoms with Crippen LogP contribution in [0.2, 0.25) is 0 Å². The molecule has 0 saturated carbocycles. The molecule has 0 saturated heterocycles. The molecule has 51 heavy (non-hydrogen) atoms. The van der Waals surface area contributed by atoms with Crippen molar-refractivity contribution in [3.8, 4) is 0 Å². The van der Waals surface area contributed by atoms with Crippen molar-refractivity contribution in [1.29, 1.82) is 0 Å². The van der Waals surface area contributed by atoms with Crippen molar-refractivity contribution in [3.63, 3.8) is 0 Å². The third kappa shape index (κ3) is 3.04. The summed E-state index contributed by atoms with van der Waals surface area (Å²) in [5, 5.41) is 19.1. The minimum absolute atomic E-state index is 1.23. The first-order valence-corrected chi connectivity index (χ1v) is 17.7. The Kier molecular flexibility index (Phi) is 4.62. The van der Waals surface area contributed by atoms with Crippen molar-refractivity contribution in [2.75, 3.05) is 0 Å². The Morgan fingerprint density at radius 2 is 0.549 bits per heavy atom. The van der Waals surface area contributed by atoms with Gasteiger partial charge in [-0.05, 0) is 84.9 Å². The Morgan fingerprint density at radius 3 is 0.882 bits per heavy atom. The molecule has 0 aliphatic heterocycles. The molecule has 0 atom stereocenters. The topological polar surface area (TPSA) is 13.2 Å². The minimum atomic E-state index is 1.23. The fourth-order valence-corrected chi connectivity index (χ4v) is 9.81. The summed E-state index contributed by atoms with van der Waals surface area (Å²) in [6.07, 6.45) is 6.83. The molecular formula is C48H27N3. The van der Waals surface area contributed by atoms with E-state index in [1.807, 2.05) is 0 Å². The highest BCUT2D eigenvalue weighted by Crippen LogP contribution is 2.49. The van der Waals surface area contributed by atoms with Crippen LogP contribution in [0, 0.1) is 0 Å². The van der Waals surface area contributed by atoms with Crippen LogP contribution >= 0.6 is 0 Å². The van der Waals surface area contributed by atoms with Crippen LogP contribution < -0.4 is 0 Å². The van der Waals surface area contributed by atoms with Crippen LogP contribution in [0.3, 0.4) is 0 Å². The second kappa shape index (κ2) is 9.03. The molecule has 0 amide bonds. The van der Waals surface area contributed by atoms with Crippen molar-refractivity contribution < 1.29 is 0 Å². The molecule has 7 aromatic carbocycles. The van der Waals surface area contributed by atoms with Crippen molar-refractivity contribution >= 4 is 114 Å². The van der Waals surface area contributed by atoms with Crippen molar-refractivity contribution in [2.45, 2.75) is 0 Å². The summed E-state index contributed by atoms with van der Waals surface area (Å²) in [5.74, 6) is 0.